The van der Waals surface area contributed by atoms with Gasteiger partial charge in [0.25, 0.3) is 0 Å². The number of nitrogens with zero attached hydrogens (tertiary/aromatic N) is 2. The number of aromatic nitrogens is 2. The Kier molecular flexibility index (Phi) is 3.68. The van der Waals surface area contributed by atoms with Gasteiger partial charge >= 0.3 is 5.97 Å². The Morgan fingerprint density at radius 1 is 1.56 bits per heavy atom. The van der Waals surface area contributed by atoms with Gasteiger partial charge in [-0.1, -0.05) is 17.7 Å². The first kappa shape index (κ1) is 13.0. The molecule has 0 unspecified atom stereocenters. The standard InChI is InChI=1S/C11H7BrClFN2O2/c12-7-5-16(15-10(7)11(17)18)4-6-8(13)2-1-3-9(6)14/h1-3,5H,4H2,(H,17,18). The lowest BCUT2D eigenvalue weighted by molar-refractivity contribution is 0.0688. The number of carboxylic acid groups (broad SMARTS) is 1. The zero-order chi connectivity index (χ0) is 13.3. The number of hydrogen-bond donors (Lipinski definition) is 1. The number of hydrogen-bond acceptors (Lipinski definition) is 2. The van der Waals surface area contributed by atoms with Crippen molar-refractivity contribution in [3.63, 3.8) is 0 Å². The fourth-order valence-corrected chi connectivity index (χ4v) is 2.18. The zero-order valence-electron chi connectivity index (χ0n) is 8.90. The first-order valence-electron chi connectivity index (χ1n) is 4.88. The summed E-state index contributed by atoms with van der Waals surface area (Å²) < 4.78 is 15.2. The van der Waals surface area contributed by atoms with Gasteiger partial charge in [-0.2, -0.15) is 5.10 Å². The molecule has 1 aromatic heterocycles. The minimum atomic E-state index is -1.15. The van der Waals surface area contributed by atoms with Gasteiger partial charge < -0.3 is 5.11 Å². The van der Waals surface area contributed by atoms with E-state index in [9.17, 15) is 9.18 Å². The molecule has 4 nitrogen and oxygen atoms in total. The lowest BCUT2D eigenvalue weighted by Gasteiger charge is -2.05. The monoisotopic (exact) mass is 332 g/mol. The van der Waals surface area contributed by atoms with Crippen LogP contribution in [-0.2, 0) is 6.54 Å². The van der Waals surface area contributed by atoms with E-state index in [0.29, 0.717) is 4.47 Å². The molecule has 1 heterocycles. The van der Waals surface area contributed by atoms with Gasteiger partial charge in [-0.05, 0) is 28.1 Å². The summed E-state index contributed by atoms with van der Waals surface area (Å²) in [5.74, 6) is -1.61. The Morgan fingerprint density at radius 3 is 2.83 bits per heavy atom. The summed E-state index contributed by atoms with van der Waals surface area (Å²) in [5, 5.41) is 13.0. The molecule has 2 aromatic rings. The second-order valence-corrected chi connectivity index (χ2v) is 4.79. The minimum Gasteiger partial charge on any atom is -0.476 e. The van der Waals surface area contributed by atoms with Crippen molar-refractivity contribution >= 4 is 33.5 Å². The molecule has 0 atom stereocenters. The Balaban J connectivity index is 2.35. The second-order valence-electron chi connectivity index (χ2n) is 3.53. The molecule has 1 aromatic carbocycles. The lowest BCUT2D eigenvalue weighted by atomic mass is 10.2. The first-order valence-corrected chi connectivity index (χ1v) is 6.05. The number of benzene rings is 1. The molecule has 0 amide bonds. The molecule has 0 spiro atoms. The van der Waals surface area contributed by atoms with Gasteiger partial charge in [-0.25, -0.2) is 9.18 Å². The third-order valence-corrected chi connectivity index (χ3v) is 3.24. The fourth-order valence-electron chi connectivity index (χ4n) is 1.47. The van der Waals surface area contributed by atoms with E-state index in [0.717, 1.165) is 0 Å². The van der Waals surface area contributed by atoms with Crippen molar-refractivity contribution in [3.05, 3.63) is 51.0 Å². The molecule has 18 heavy (non-hydrogen) atoms. The van der Waals surface area contributed by atoms with Crippen LogP contribution >= 0.6 is 27.5 Å². The molecular formula is C11H7BrClFN2O2. The largest absolute Gasteiger partial charge is 0.476 e. The normalized spacial score (nSPS) is 10.6. The van der Waals surface area contributed by atoms with E-state index in [1.807, 2.05) is 0 Å². The van der Waals surface area contributed by atoms with Crippen LogP contribution in [-0.4, -0.2) is 20.9 Å². The lowest BCUT2D eigenvalue weighted by Crippen LogP contribution is -2.05. The van der Waals surface area contributed by atoms with Gasteiger partial charge in [0.05, 0.1) is 11.0 Å². The van der Waals surface area contributed by atoms with Crippen LogP contribution in [0.3, 0.4) is 0 Å². The van der Waals surface area contributed by atoms with Crippen LogP contribution in [0, 0.1) is 5.82 Å². The summed E-state index contributed by atoms with van der Waals surface area (Å²) in [4.78, 5) is 10.8. The van der Waals surface area contributed by atoms with Crippen LogP contribution in [0.15, 0.2) is 28.9 Å². The van der Waals surface area contributed by atoms with Crippen LogP contribution in [0.5, 0.6) is 0 Å². The smallest absolute Gasteiger partial charge is 0.357 e. The van der Waals surface area contributed by atoms with Crippen molar-refractivity contribution < 1.29 is 14.3 Å². The van der Waals surface area contributed by atoms with E-state index >= 15 is 0 Å². The highest BCUT2D eigenvalue weighted by Gasteiger charge is 2.15. The van der Waals surface area contributed by atoms with Crippen LogP contribution in [0.4, 0.5) is 4.39 Å². The molecule has 0 saturated heterocycles. The molecule has 0 bridgehead atoms. The zero-order valence-corrected chi connectivity index (χ0v) is 11.2. The minimum absolute atomic E-state index is 0.0669. The van der Waals surface area contributed by atoms with E-state index in [-0.39, 0.29) is 22.8 Å². The molecule has 0 aliphatic rings. The van der Waals surface area contributed by atoms with Gasteiger partial charge in [0.1, 0.15) is 5.82 Å². The molecule has 0 fully saturated rings. The molecule has 0 aliphatic carbocycles. The summed E-state index contributed by atoms with van der Waals surface area (Å²) >= 11 is 8.96. The van der Waals surface area contributed by atoms with Crippen molar-refractivity contribution in [2.75, 3.05) is 0 Å². The van der Waals surface area contributed by atoms with E-state index < -0.39 is 11.8 Å². The van der Waals surface area contributed by atoms with Crippen LogP contribution in [0.1, 0.15) is 16.1 Å². The molecule has 1 N–H and O–H groups in total. The predicted octanol–water partition coefficient (Wildman–Crippen LogP) is 3.18. The van der Waals surface area contributed by atoms with E-state index in [4.69, 9.17) is 16.7 Å². The first-order chi connectivity index (χ1) is 8.49. The van der Waals surface area contributed by atoms with Gasteiger partial charge in [-0.15, -0.1) is 0 Å². The van der Waals surface area contributed by atoms with Crippen molar-refractivity contribution in [1.29, 1.82) is 0 Å². The SMILES string of the molecule is O=C(O)c1nn(Cc2c(F)cccc2Cl)cc1Br. The average Bonchev–Trinajstić information content (AvgIpc) is 2.65. The number of carbonyl (C=O) groups is 1. The quantitative estimate of drug-likeness (QED) is 0.938. The van der Waals surface area contributed by atoms with Crippen LogP contribution in [0.2, 0.25) is 5.02 Å². The third-order valence-electron chi connectivity index (χ3n) is 2.30. The Hall–Kier alpha value is -1.40. The molecule has 0 saturated carbocycles. The third kappa shape index (κ3) is 2.54. The summed E-state index contributed by atoms with van der Waals surface area (Å²) in [6.07, 6.45) is 1.46. The van der Waals surface area contributed by atoms with Gasteiger partial charge in [0, 0.05) is 16.8 Å². The number of halogens is 3. The second kappa shape index (κ2) is 5.07. The summed E-state index contributed by atoms with van der Waals surface area (Å²) in [6, 6.07) is 4.36. The van der Waals surface area contributed by atoms with E-state index in [1.54, 1.807) is 6.07 Å². The predicted molar refractivity (Wildman–Crippen MR) is 67.4 cm³/mol. The van der Waals surface area contributed by atoms with Crippen molar-refractivity contribution in [2.24, 2.45) is 0 Å². The van der Waals surface area contributed by atoms with Crippen molar-refractivity contribution in [3.8, 4) is 0 Å². The Labute approximate surface area is 115 Å². The fraction of sp³-hybridized carbons (Fsp3) is 0.0909. The van der Waals surface area contributed by atoms with Crippen LogP contribution in [0.25, 0.3) is 0 Å². The highest BCUT2D eigenvalue weighted by atomic mass is 79.9. The topological polar surface area (TPSA) is 55.1 Å². The van der Waals surface area contributed by atoms with Gasteiger partial charge in [-0.3, -0.25) is 4.68 Å². The Morgan fingerprint density at radius 2 is 2.28 bits per heavy atom. The molecule has 0 radical (unpaired) electrons. The number of carboxylic acids is 1. The summed E-state index contributed by atoms with van der Waals surface area (Å²) in [7, 11) is 0. The number of aromatic carboxylic acids is 1. The van der Waals surface area contributed by atoms with Crippen molar-refractivity contribution in [2.45, 2.75) is 6.54 Å². The molecule has 2 rings (SSSR count). The average molecular weight is 334 g/mol. The number of rotatable bonds is 3. The maximum Gasteiger partial charge on any atom is 0.357 e. The highest BCUT2D eigenvalue weighted by molar-refractivity contribution is 9.10. The maximum atomic E-state index is 13.5. The van der Waals surface area contributed by atoms with Gasteiger partial charge in [0.2, 0.25) is 0 Å². The molecular weight excluding hydrogens is 326 g/mol. The summed E-state index contributed by atoms with van der Waals surface area (Å²) in [5.41, 5.74) is 0.147. The maximum absolute atomic E-state index is 13.5. The van der Waals surface area contributed by atoms with Crippen molar-refractivity contribution in [1.82, 2.24) is 9.78 Å². The molecule has 94 valence electrons. The summed E-state index contributed by atoms with van der Waals surface area (Å²) in [6.45, 7) is 0.0669. The van der Waals surface area contributed by atoms with E-state index in [1.165, 1.54) is 23.0 Å². The molecule has 7 heteroatoms. The Bertz CT molecular complexity index is 595. The molecule has 0 aliphatic heterocycles. The highest BCUT2D eigenvalue weighted by Crippen LogP contribution is 2.21. The van der Waals surface area contributed by atoms with E-state index in [2.05, 4.69) is 21.0 Å². The van der Waals surface area contributed by atoms with Crippen LogP contribution < -0.4 is 0 Å². The van der Waals surface area contributed by atoms with Gasteiger partial charge in [0.15, 0.2) is 5.69 Å².